The van der Waals surface area contributed by atoms with Gasteiger partial charge in [0.2, 0.25) is 5.13 Å². The highest BCUT2D eigenvalue weighted by Gasteiger charge is 2.26. The number of anilines is 1. The Morgan fingerprint density at radius 3 is 2.76 bits per heavy atom. The fourth-order valence-electron chi connectivity index (χ4n) is 2.11. The number of rotatable bonds is 2. The van der Waals surface area contributed by atoms with Crippen molar-refractivity contribution in [1.29, 1.82) is 0 Å². The molecule has 1 saturated heterocycles. The lowest BCUT2D eigenvalue weighted by Gasteiger charge is -2.38. The van der Waals surface area contributed by atoms with Gasteiger partial charge in [-0.25, -0.2) is 9.80 Å². The Labute approximate surface area is 104 Å². The van der Waals surface area contributed by atoms with Crippen molar-refractivity contribution < 1.29 is 4.79 Å². The van der Waals surface area contributed by atoms with Crippen LogP contribution in [-0.4, -0.2) is 33.3 Å². The highest BCUT2D eigenvalue weighted by Crippen LogP contribution is 2.20. The van der Waals surface area contributed by atoms with E-state index >= 15 is 0 Å². The molecule has 1 fully saturated rings. The molecule has 0 radical (unpaired) electrons. The van der Waals surface area contributed by atoms with E-state index in [1.165, 1.54) is 17.8 Å². The number of carbonyl (C=O) groups is 1. The van der Waals surface area contributed by atoms with E-state index in [9.17, 15) is 4.79 Å². The van der Waals surface area contributed by atoms with Gasteiger partial charge in [0.1, 0.15) is 5.51 Å². The van der Waals surface area contributed by atoms with Crippen LogP contribution in [0.5, 0.6) is 0 Å². The molecule has 2 N–H and O–H groups in total. The maximum absolute atomic E-state index is 11.7. The number of carbonyl (C=O) groups excluding carboxylic acids is 1. The first-order valence-electron chi connectivity index (χ1n) is 5.79. The molecule has 94 valence electrons. The average Bonchev–Trinajstić information content (AvgIpc) is 2.76. The first kappa shape index (κ1) is 12.3. The molecule has 0 spiro atoms. The lowest BCUT2D eigenvalue weighted by atomic mass is 10.00. The monoisotopic (exact) mass is 255 g/mol. The summed E-state index contributed by atoms with van der Waals surface area (Å²) in [6.07, 6.45) is 3.45. The fraction of sp³-hybridized carbons (Fsp3) is 0.700. The Balaban J connectivity index is 1.88. The Morgan fingerprint density at radius 1 is 1.47 bits per heavy atom. The third-order valence-electron chi connectivity index (χ3n) is 3.00. The summed E-state index contributed by atoms with van der Waals surface area (Å²) in [6.45, 7) is 4.25. The molecule has 2 amide bonds. The van der Waals surface area contributed by atoms with Crippen LogP contribution in [0, 0.1) is 0 Å². The minimum atomic E-state index is -0.248. The molecule has 0 aromatic carbocycles. The minimum absolute atomic E-state index is 0.248. The number of hydrogen-bond donors (Lipinski definition) is 2. The molecule has 0 unspecified atom stereocenters. The molecule has 2 rings (SSSR count). The molecular weight excluding hydrogens is 238 g/mol. The van der Waals surface area contributed by atoms with Crippen LogP contribution >= 0.6 is 11.3 Å². The first-order chi connectivity index (χ1) is 8.16. The largest absolute Gasteiger partial charge is 0.335 e. The van der Waals surface area contributed by atoms with Gasteiger partial charge in [0.15, 0.2) is 0 Å². The topological polar surface area (TPSA) is 70.2 Å². The van der Waals surface area contributed by atoms with Gasteiger partial charge in [0.25, 0.3) is 0 Å². The number of urea groups is 1. The highest BCUT2D eigenvalue weighted by atomic mass is 32.1. The quantitative estimate of drug-likeness (QED) is 0.846. The molecule has 1 aromatic rings. The predicted molar refractivity (Wildman–Crippen MR) is 66.7 cm³/mol. The van der Waals surface area contributed by atoms with Gasteiger partial charge in [-0.15, -0.1) is 10.2 Å². The van der Waals surface area contributed by atoms with E-state index in [1.54, 1.807) is 5.51 Å². The van der Waals surface area contributed by atoms with E-state index in [2.05, 4.69) is 34.8 Å². The minimum Gasteiger partial charge on any atom is -0.281 e. The van der Waals surface area contributed by atoms with E-state index in [4.69, 9.17) is 0 Å². The SMILES string of the molecule is C[C@@H]1CCC[C@@H](C)N1NC(=O)Nc1nncs1. The van der Waals surface area contributed by atoms with Gasteiger partial charge in [-0.1, -0.05) is 17.8 Å². The second-order valence-electron chi connectivity index (χ2n) is 4.35. The van der Waals surface area contributed by atoms with Gasteiger partial charge in [-0.05, 0) is 26.7 Å². The summed E-state index contributed by atoms with van der Waals surface area (Å²) in [7, 11) is 0. The van der Waals surface area contributed by atoms with E-state index in [1.807, 2.05) is 5.01 Å². The number of amides is 2. The number of nitrogens with zero attached hydrogens (tertiary/aromatic N) is 3. The molecule has 0 aliphatic carbocycles. The van der Waals surface area contributed by atoms with Crippen molar-refractivity contribution in [2.45, 2.75) is 45.2 Å². The summed E-state index contributed by atoms with van der Waals surface area (Å²) in [5.74, 6) is 0. The number of piperidine rings is 1. The van der Waals surface area contributed by atoms with Gasteiger partial charge in [-0.3, -0.25) is 10.7 Å². The van der Waals surface area contributed by atoms with Crippen molar-refractivity contribution in [3.63, 3.8) is 0 Å². The Morgan fingerprint density at radius 2 is 2.18 bits per heavy atom. The number of hydrazine groups is 1. The third-order valence-corrected chi connectivity index (χ3v) is 3.61. The molecule has 1 aliphatic rings. The van der Waals surface area contributed by atoms with Gasteiger partial charge in [0, 0.05) is 12.1 Å². The molecule has 2 atom stereocenters. The van der Waals surface area contributed by atoms with E-state index in [0.29, 0.717) is 17.2 Å². The van der Waals surface area contributed by atoms with Crippen molar-refractivity contribution >= 4 is 22.5 Å². The smallest absolute Gasteiger partial charge is 0.281 e. The zero-order chi connectivity index (χ0) is 12.3. The standard InChI is InChI=1S/C10H17N5OS/c1-7-4-3-5-8(2)15(7)14-9(16)12-10-13-11-6-17-10/h6-8H,3-5H2,1-2H3,(H2,12,13,14,16)/t7-,8-/m1/s1. The average molecular weight is 255 g/mol. The van der Waals surface area contributed by atoms with Gasteiger partial charge in [0.05, 0.1) is 0 Å². The predicted octanol–water partition coefficient (Wildman–Crippen LogP) is 1.84. The van der Waals surface area contributed by atoms with Crippen LogP contribution in [-0.2, 0) is 0 Å². The van der Waals surface area contributed by atoms with Gasteiger partial charge in [-0.2, -0.15) is 0 Å². The fourth-order valence-corrected chi connectivity index (χ4v) is 2.55. The molecule has 0 bridgehead atoms. The molecule has 1 aliphatic heterocycles. The Hall–Kier alpha value is -1.21. The summed E-state index contributed by atoms with van der Waals surface area (Å²) >= 11 is 1.30. The number of nitrogens with one attached hydrogen (secondary N) is 2. The van der Waals surface area contributed by atoms with E-state index in [-0.39, 0.29) is 6.03 Å². The van der Waals surface area contributed by atoms with Crippen LogP contribution in [0.2, 0.25) is 0 Å². The lowest BCUT2D eigenvalue weighted by molar-refractivity contribution is 0.0625. The van der Waals surface area contributed by atoms with Crippen LogP contribution < -0.4 is 10.7 Å². The van der Waals surface area contributed by atoms with Crippen LogP contribution in [0.4, 0.5) is 9.93 Å². The molecule has 0 saturated carbocycles. The molecule has 2 heterocycles. The lowest BCUT2D eigenvalue weighted by Crippen LogP contribution is -2.55. The molecule has 17 heavy (non-hydrogen) atoms. The maximum Gasteiger partial charge on any atom is 0.335 e. The van der Waals surface area contributed by atoms with Gasteiger partial charge >= 0.3 is 6.03 Å². The van der Waals surface area contributed by atoms with E-state index in [0.717, 1.165) is 12.8 Å². The number of hydrogen-bond acceptors (Lipinski definition) is 5. The second kappa shape index (κ2) is 5.42. The van der Waals surface area contributed by atoms with Crippen molar-refractivity contribution in [3.05, 3.63) is 5.51 Å². The highest BCUT2D eigenvalue weighted by molar-refractivity contribution is 7.13. The summed E-state index contributed by atoms with van der Waals surface area (Å²) in [6, 6.07) is 0.500. The van der Waals surface area contributed by atoms with Crippen molar-refractivity contribution in [2.75, 3.05) is 5.32 Å². The molecular formula is C10H17N5OS. The molecule has 1 aromatic heterocycles. The van der Waals surface area contributed by atoms with Crippen LogP contribution in [0.3, 0.4) is 0 Å². The van der Waals surface area contributed by atoms with Crippen molar-refractivity contribution in [2.24, 2.45) is 0 Å². The normalized spacial score (nSPS) is 25.5. The zero-order valence-electron chi connectivity index (χ0n) is 10.0. The summed E-state index contributed by atoms with van der Waals surface area (Å²) in [4.78, 5) is 11.7. The summed E-state index contributed by atoms with van der Waals surface area (Å²) in [5.41, 5.74) is 4.46. The maximum atomic E-state index is 11.7. The summed E-state index contributed by atoms with van der Waals surface area (Å²) in [5, 5.41) is 12.6. The third kappa shape index (κ3) is 3.13. The Bertz CT molecular complexity index is 359. The van der Waals surface area contributed by atoms with Crippen molar-refractivity contribution in [1.82, 2.24) is 20.6 Å². The molecule has 6 nitrogen and oxygen atoms in total. The second-order valence-corrected chi connectivity index (χ2v) is 5.18. The van der Waals surface area contributed by atoms with Gasteiger partial charge < -0.3 is 0 Å². The van der Waals surface area contributed by atoms with E-state index < -0.39 is 0 Å². The van der Waals surface area contributed by atoms with Crippen molar-refractivity contribution in [3.8, 4) is 0 Å². The van der Waals surface area contributed by atoms with Crippen LogP contribution in [0.1, 0.15) is 33.1 Å². The summed E-state index contributed by atoms with van der Waals surface area (Å²) < 4.78 is 0. The Kier molecular flexibility index (Phi) is 3.90. The number of aromatic nitrogens is 2. The first-order valence-corrected chi connectivity index (χ1v) is 6.67. The van der Waals surface area contributed by atoms with Crippen LogP contribution in [0.25, 0.3) is 0 Å². The van der Waals surface area contributed by atoms with Crippen LogP contribution in [0.15, 0.2) is 5.51 Å². The molecule has 7 heteroatoms. The zero-order valence-corrected chi connectivity index (χ0v) is 10.8.